The molecule has 0 spiro atoms. The van der Waals surface area contributed by atoms with Crippen LogP contribution in [0, 0.1) is 0 Å². The van der Waals surface area contributed by atoms with Gasteiger partial charge in [-0.1, -0.05) is 0 Å². The molecule has 0 aromatic carbocycles. The Labute approximate surface area is 122 Å². The van der Waals surface area contributed by atoms with Crippen LogP contribution >= 0.6 is 7.82 Å². The van der Waals surface area contributed by atoms with Gasteiger partial charge in [0.05, 0.1) is 12.8 Å². The van der Waals surface area contributed by atoms with Crippen LogP contribution in [0.1, 0.15) is 19.8 Å². The van der Waals surface area contributed by atoms with Crippen molar-refractivity contribution in [3.8, 4) is 0 Å². The highest BCUT2D eigenvalue weighted by atomic mass is 31.2. The van der Waals surface area contributed by atoms with Crippen molar-refractivity contribution < 1.29 is 58.1 Å². The van der Waals surface area contributed by atoms with Crippen LogP contribution in [0.4, 0.5) is 0 Å². The number of rotatable bonds is 8. The second-order valence-corrected chi connectivity index (χ2v) is 5.40. The van der Waals surface area contributed by atoms with Crippen molar-refractivity contribution in [2.75, 3.05) is 0 Å². The van der Waals surface area contributed by atoms with Gasteiger partial charge >= 0.3 is 31.7 Å². The number of aliphatic hydroxyl groups excluding tert-OH is 1. The maximum Gasteiger partial charge on any atom is 0.589 e. The van der Waals surface area contributed by atoms with Crippen molar-refractivity contribution >= 4 is 31.7 Å². The summed E-state index contributed by atoms with van der Waals surface area (Å²) in [7, 11) is -5.32. The Bertz CT molecular complexity index is 525. The third-order valence-corrected chi connectivity index (χ3v) is 2.89. The molecule has 0 saturated heterocycles. The van der Waals surface area contributed by atoms with E-state index in [1.165, 1.54) is 0 Å². The second kappa shape index (κ2) is 7.31. The van der Waals surface area contributed by atoms with E-state index in [0.717, 1.165) is 6.92 Å². The summed E-state index contributed by atoms with van der Waals surface area (Å²) in [5.41, 5.74) is -3.09. The van der Waals surface area contributed by atoms with Gasteiger partial charge in [-0.3, -0.25) is 14.5 Å². The maximum atomic E-state index is 11.3. The van der Waals surface area contributed by atoms with Gasteiger partial charge in [-0.2, -0.15) is 0 Å². The molecule has 22 heavy (non-hydrogen) atoms. The number of carbonyl (C=O) groups is 4. The number of phosphoric ester groups is 1. The van der Waals surface area contributed by atoms with Crippen LogP contribution < -0.4 is 0 Å². The molecule has 12 nitrogen and oxygen atoms in total. The first-order valence-corrected chi connectivity index (χ1v) is 6.93. The summed E-state index contributed by atoms with van der Waals surface area (Å²) < 4.78 is 18.8. The third kappa shape index (κ3) is 6.63. The summed E-state index contributed by atoms with van der Waals surface area (Å²) in [6.07, 6.45) is -4.69. The van der Waals surface area contributed by atoms with E-state index in [-0.39, 0.29) is 0 Å². The first kappa shape index (κ1) is 20.0. The van der Waals surface area contributed by atoms with Gasteiger partial charge in [0.25, 0.3) is 0 Å². The minimum absolute atomic E-state index is 0.889. The number of carbonyl (C=O) groups excluding carboxylic acids is 2. The highest BCUT2D eigenvalue weighted by Crippen LogP contribution is 2.44. The lowest BCUT2D eigenvalue weighted by molar-refractivity contribution is -0.170. The number of carboxylic acids is 2. The quantitative estimate of drug-likeness (QED) is 0.310. The molecule has 13 heteroatoms. The number of aliphatic hydroxyl groups is 2. The number of phosphoric acid groups is 1. The fourth-order valence-corrected chi connectivity index (χ4v) is 1.81. The fraction of sp³-hybridized carbons (Fsp3) is 0.556. The Morgan fingerprint density at radius 3 is 2.00 bits per heavy atom. The zero-order valence-electron chi connectivity index (χ0n) is 11.0. The summed E-state index contributed by atoms with van der Waals surface area (Å²) in [5.74, 6) is -7.25. The molecule has 0 fully saturated rings. The Hall–Kier alpha value is -2.01. The molecule has 3 unspecified atom stereocenters. The zero-order valence-corrected chi connectivity index (χ0v) is 11.9. The van der Waals surface area contributed by atoms with Gasteiger partial charge in [0.2, 0.25) is 0 Å². The van der Waals surface area contributed by atoms with E-state index in [0.29, 0.717) is 0 Å². The standard InChI is InChI=1S/C9H13O12P/c1-4(10)7(14)21-22(18,19)20-6(13)3-9(17,8(15)16)2-5(11)12/h4,10,17H,2-3H2,1H3,(H,11,12)(H,15,16)(H,18,19). The first-order valence-electron chi connectivity index (χ1n) is 5.43. The molecule has 126 valence electrons. The molecule has 0 amide bonds. The van der Waals surface area contributed by atoms with E-state index < -0.39 is 56.2 Å². The molecule has 0 saturated carbocycles. The molecule has 0 rings (SSSR count). The van der Waals surface area contributed by atoms with E-state index >= 15 is 0 Å². The van der Waals surface area contributed by atoms with Crippen LogP contribution in [-0.4, -0.2) is 60.9 Å². The van der Waals surface area contributed by atoms with Crippen LogP contribution in [0.15, 0.2) is 0 Å². The van der Waals surface area contributed by atoms with Crippen LogP contribution in [0.2, 0.25) is 0 Å². The average molecular weight is 344 g/mol. The zero-order chi connectivity index (χ0) is 17.7. The van der Waals surface area contributed by atoms with Gasteiger partial charge in [-0.25, -0.2) is 14.2 Å². The van der Waals surface area contributed by atoms with Gasteiger partial charge in [0.1, 0.15) is 6.10 Å². The second-order valence-electron chi connectivity index (χ2n) is 4.10. The van der Waals surface area contributed by atoms with Crippen LogP contribution in [0.25, 0.3) is 0 Å². The van der Waals surface area contributed by atoms with Crippen LogP contribution in [0.5, 0.6) is 0 Å². The summed E-state index contributed by atoms with van der Waals surface area (Å²) in [6, 6.07) is 0. The van der Waals surface area contributed by atoms with Gasteiger partial charge in [0.15, 0.2) is 5.60 Å². The van der Waals surface area contributed by atoms with Crippen molar-refractivity contribution in [2.45, 2.75) is 31.5 Å². The van der Waals surface area contributed by atoms with Gasteiger partial charge in [-0.05, 0) is 6.92 Å². The Balaban J connectivity index is 4.91. The topological polar surface area (TPSA) is 205 Å². The molecule has 3 atom stereocenters. The predicted octanol–water partition coefficient (Wildman–Crippen LogP) is -1.77. The van der Waals surface area contributed by atoms with E-state index in [4.69, 9.17) is 20.2 Å². The minimum Gasteiger partial charge on any atom is -0.481 e. The van der Waals surface area contributed by atoms with Crippen molar-refractivity contribution in [2.24, 2.45) is 0 Å². The molecule has 0 aliphatic heterocycles. The third-order valence-electron chi connectivity index (χ3n) is 2.04. The van der Waals surface area contributed by atoms with Gasteiger partial charge in [0, 0.05) is 0 Å². The van der Waals surface area contributed by atoms with Crippen LogP contribution in [-0.2, 0) is 32.8 Å². The summed E-state index contributed by atoms with van der Waals surface area (Å²) in [6.45, 7) is 0.889. The van der Waals surface area contributed by atoms with Crippen molar-refractivity contribution in [1.82, 2.24) is 0 Å². The fourth-order valence-electron chi connectivity index (χ4n) is 1.07. The van der Waals surface area contributed by atoms with Gasteiger partial charge in [-0.15, -0.1) is 0 Å². The molecule has 0 aromatic heterocycles. The highest BCUT2D eigenvalue weighted by molar-refractivity contribution is 7.48. The van der Waals surface area contributed by atoms with Crippen molar-refractivity contribution in [3.05, 3.63) is 0 Å². The molecule has 0 heterocycles. The Kier molecular flexibility index (Phi) is 6.64. The normalized spacial score (nSPS) is 17.5. The minimum atomic E-state index is -5.32. The molecule has 0 aliphatic carbocycles. The lowest BCUT2D eigenvalue weighted by Crippen LogP contribution is -2.43. The summed E-state index contributed by atoms with van der Waals surface area (Å²) >= 11 is 0. The Morgan fingerprint density at radius 1 is 1.14 bits per heavy atom. The average Bonchev–Trinajstić information content (AvgIpc) is 2.24. The SMILES string of the molecule is CC(O)C(=O)OP(=O)(O)OC(=O)CC(O)(CC(=O)O)C(=O)O. The number of carboxylic acid groups (broad SMARTS) is 2. The molecule has 0 bridgehead atoms. The molecule has 0 aromatic rings. The number of hydrogen-bond donors (Lipinski definition) is 5. The lowest BCUT2D eigenvalue weighted by Gasteiger charge is -2.20. The van der Waals surface area contributed by atoms with Gasteiger partial charge < -0.3 is 29.5 Å². The smallest absolute Gasteiger partial charge is 0.481 e. The molecule has 5 N–H and O–H groups in total. The van der Waals surface area contributed by atoms with E-state index in [9.17, 15) is 28.8 Å². The van der Waals surface area contributed by atoms with Crippen molar-refractivity contribution in [3.63, 3.8) is 0 Å². The maximum absolute atomic E-state index is 11.3. The summed E-state index contributed by atoms with van der Waals surface area (Å²) in [5, 5.41) is 35.4. The predicted molar refractivity (Wildman–Crippen MR) is 63.1 cm³/mol. The Morgan fingerprint density at radius 2 is 1.64 bits per heavy atom. The van der Waals surface area contributed by atoms with E-state index in [2.05, 4.69) is 9.05 Å². The van der Waals surface area contributed by atoms with E-state index in [1.807, 2.05) is 0 Å². The highest BCUT2D eigenvalue weighted by Gasteiger charge is 2.43. The monoisotopic (exact) mass is 344 g/mol. The first-order chi connectivity index (χ1) is 9.79. The molecular formula is C9H13O12P. The molecule has 0 radical (unpaired) electrons. The number of hydrogen-bond acceptors (Lipinski definition) is 9. The number of aliphatic carboxylic acids is 2. The molecule has 0 aliphatic rings. The van der Waals surface area contributed by atoms with E-state index in [1.54, 1.807) is 0 Å². The van der Waals surface area contributed by atoms with Crippen LogP contribution in [0.3, 0.4) is 0 Å². The largest absolute Gasteiger partial charge is 0.589 e. The molecular weight excluding hydrogens is 331 g/mol. The summed E-state index contributed by atoms with van der Waals surface area (Å²) in [4.78, 5) is 52.4. The lowest BCUT2D eigenvalue weighted by atomic mass is 9.96. The van der Waals surface area contributed by atoms with Crippen molar-refractivity contribution in [1.29, 1.82) is 0 Å².